The van der Waals surface area contributed by atoms with Crippen molar-refractivity contribution in [1.82, 2.24) is 0 Å². The van der Waals surface area contributed by atoms with Crippen LogP contribution < -0.4 is 9.47 Å². The molecule has 0 amide bonds. The lowest BCUT2D eigenvalue weighted by Crippen LogP contribution is -2.03. The topological polar surface area (TPSA) is 35.5 Å². The van der Waals surface area contributed by atoms with Crippen molar-refractivity contribution in [3.05, 3.63) is 54.1 Å². The summed E-state index contributed by atoms with van der Waals surface area (Å²) in [6.45, 7) is 4.32. The SMILES string of the molecule is CCCCCOc1ccc(Oc2ccccc2)cc1C(C)=O. The van der Waals surface area contributed by atoms with Gasteiger partial charge in [-0.1, -0.05) is 38.0 Å². The Bertz CT molecular complexity index is 605. The van der Waals surface area contributed by atoms with Crippen molar-refractivity contribution in [3.8, 4) is 17.2 Å². The Morgan fingerprint density at radius 2 is 1.77 bits per heavy atom. The first-order chi connectivity index (χ1) is 10.7. The number of hydrogen-bond donors (Lipinski definition) is 0. The van der Waals surface area contributed by atoms with Crippen LogP contribution in [0.4, 0.5) is 0 Å². The molecule has 0 N–H and O–H groups in total. The van der Waals surface area contributed by atoms with Gasteiger partial charge in [-0.2, -0.15) is 0 Å². The van der Waals surface area contributed by atoms with Crippen molar-refractivity contribution >= 4 is 5.78 Å². The highest BCUT2D eigenvalue weighted by Gasteiger charge is 2.11. The fraction of sp³-hybridized carbons (Fsp3) is 0.316. The van der Waals surface area contributed by atoms with Gasteiger partial charge in [0.1, 0.15) is 17.2 Å². The van der Waals surface area contributed by atoms with Crippen LogP contribution in [0.15, 0.2) is 48.5 Å². The van der Waals surface area contributed by atoms with Crippen LogP contribution in [0, 0.1) is 0 Å². The van der Waals surface area contributed by atoms with E-state index in [4.69, 9.17) is 9.47 Å². The maximum absolute atomic E-state index is 11.8. The molecule has 0 aromatic heterocycles. The summed E-state index contributed by atoms with van der Waals surface area (Å²) in [5.74, 6) is 1.99. The standard InChI is InChI=1S/C19H22O3/c1-3-4-8-13-21-19-12-11-17(14-18(19)15(2)20)22-16-9-6-5-7-10-16/h5-7,9-12,14H,3-4,8,13H2,1-2H3. The molecule has 116 valence electrons. The minimum Gasteiger partial charge on any atom is -0.493 e. The third kappa shape index (κ3) is 4.62. The van der Waals surface area contributed by atoms with Crippen LogP contribution >= 0.6 is 0 Å². The summed E-state index contributed by atoms with van der Waals surface area (Å²) in [7, 11) is 0. The van der Waals surface area contributed by atoms with Crippen LogP contribution in [-0.4, -0.2) is 12.4 Å². The Hall–Kier alpha value is -2.29. The van der Waals surface area contributed by atoms with Crippen LogP contribution in [-0.2, 0) is 0 Å². The molecular weight excluding hydrogens is 276 g/mol. The average molecular weight is 298 g/mol. The minimum atomic E-state index is -0.0241. The second-order valence-corrected chi connectivity index (χ2v) is 5.18. The molecule has 0 saturated carbocycles. The summed E-state index contributed by atoms with van der Waals surface area (Å²) >= 11 is 0. The number of Topliss-reactive ketones (excluding diaryl/α,β-unsaturated/α-hetero) is 1. The molecule has 2 rings (SSSR count). The summed E-state index contributed by atoms with van der Waals surface area (Å²) in [5.41, 5.74) is 0.560. The second kappa shape index (κ2) is 8.23. The number of carbonyl (C=O) groups is 1. The molecule has 3 nitrogen and oxygen atoms in total. The van der Waals surface area contributed by atoms with E-state index in [9.17, 15) is 4.79 Å². The van der Waals surface area contributed by atoms with E-state index in [2.05, 4.69) is 6.92 Å². The molecular formula is C19H22O3. The van der Waals surface area contributed by atoms with Crippen molar-refractivity contribution in [2.24, 2.45) is 0 Å². The molecule has 0 spiro atoms. The largest absolute Gasteiger partial charge is 0.493 e. The zero-order chi connectivity index (χ0) is 15.8. The van der Waals surface area contributed by atoms with Gasteiger partial charge in [-0.15, -0.1) is 0 Å². The van der Waals surface area contributed by atoms with Crippen LogP contribution in [0.5, 0.6) is 17.2 Å². The van der Waals surface area contributed by atoms with Gasteiger partial charge in [0.25, 0.3) is 0 Å². The second-order valence-electron chi connectivity index (χ2n) is 5.18. The monoisotopic (exact) mass is 298 g/mol. The molecule has 2 aromatic rings. The lowest BCUT2D eigenvalue weighted by Gasteiger charge is -2.12. The van der Waals surface area contributed by atoms with Crippen molar-refractivity contribution in [1.29, 1.82) is 0 Å². The molecule has 0 saturated heterocycles. The number of carbonyl (C=O) groups excluding carboxylic acids is 1. The zero-order valence-electron chi connectivity index (χ0n) is 13.2. The van der Waals surface area contributed by atoms with E-state index >= 15 is 0 Å². The highest BCUT2D eigenvalue weighted by Crippen LogP contribution is 2.28. The molecule has 0 aliphatic heterocycles. The summed E-state index contributed by atoms with van der Waals surface area (Å²) in [6, 6.07) is 14.9. The van der Waals surface area contributed by atoms with E-state index in [0.717, 1.165) is 25.0 Å². The van der Waals surface area contributed by atoms with Gasteiger partial charge in [-0.05, 0) is 43.7 Å². The van der Waals surface area contributed by atoms with Gasteiger partial charge in [-0.3, -0.25) is 4.79 Å². The predicted octanol–water partition coefficient (Wildman–Crippen LogP) is 5.25. The first-order valence-corrected chi connectivity index (χ1v) is 7.71. The molecule has 0 bridgehead atoms. The Morgan fingerprint density at radius 3 is 2.45 bits per heavy atom. The lowest BCUT2D eigenvalue weighted by molar-refractivity contribution is 0.101. The van der Waals surface area contributed by atoms with Gasteiger partial charge >= 0.3 is 0 Å². The molecule has 3 heteroatoms. The van der Waals surface area contributed by atoms with E-state index in [1.165, 1.54) is 0 Å². The molecule has 0 heterocycles. The van der Waals surface area contributed by atoms with Gasteiger partial charge in [0.15, 0.2) is 5.78 Å². The Balaban J connectivity index is 2.11. The van der Waals surface area contributed by atoms with Crippen LogP contribution in [0.25, 0.3) is 0 Å². The number of para-hydroxylation sites is 1. The van der Waals surface area contributed by atoms with Crippen LogP contribution in [0.3, 0.4) is 0 Å². The van der Waals surface area contributed by atoms with Crippen molar-refractivity contribution < 1.29 is 14.3 Å². The zero-order valence-corrected chi connectivity index (χ0v) is 13.2. The van der Waals surface area contributed by atoms with Gasteiger partial charge in [0.05, 0.1) is 12.2 Å². The van der Waals surface area contributed by atoms with E-state index in [0.29, 0.717) is 23.7 Å². The first-order valence-electron chi connectivity index (χ1n) is 7.71. The Morgan fingerprint density at radius 1 is 1.00 bits per heavy atom. The van der Waals surface area contributed by atoms with Crippen molar-refractivity contribution in [2.45, 2.75) is 33.1 Å². The number of benzene rings is 2. The van der Waals surface area contributed by atoms with Gasteiger partial charge in [0, 0.05) is 0 Å². The lowest BCUT2D eigenvalue weighted by atomic mass is 10.1. The van der Waals surface area contributed by atoms with E-state index in [1.54, 1.807) is 19.1 Å². The van der Waals surface area contributed by atoms with E-state index < -0.39 is 0 Å². The highest BCUT2D eigenvalue weighted by atomic mass is 16.5. The fourth-order valence-corrected chi connectivity index (χ4v) is 2.13. The third-order valence-electron chi connectivity index (χ3n) is 3.31. The molecule has 2 aromatic carbocycles. The van der Waals surface area contributed by atoms with E-state index in [1.807, 2.05) is 36.4 Å². The first kappa shape index (κ1) is 16.1. The van der Waals surface area contributed by atoms with Crippen molar-refractivity contribution in [2.75, 3.05) is 6.61 Å². The maximum Gasteiger partial charge on any atom is 0.163 e. The predicted molar refractivity (Wildman–Crippen MR) is 88.0 cm³/mol. The number of unbranched alkanes of at least 4 members (excludes halogenated alkanes) is 2. The fourth-order valence-electron chi connectivity index (χ4n) is 2.13. The number of ketones is 1. The summed E-state index contributed by atoms with van der Waals surface area (Å²) in [4.78, 5) is 11.8. The number of hydrogen-bond acceptors (Lipinski definition) is 3. The number of ether oxygens (including phenoxy) is 2. The quantitative estimate of drug-likeness (QED) is 0.493. The molecule has 22 heavy (non-hydrogen) atoms. The maximum atomic E-state index is 11.8. The molecule has 0 aliphatic rings. The molecule has 0 fully saturated rings. The normalized spacial score (nSPS) is 10.3. The molecule has 0 unspecified atom stereocenters. The van der Waals surface area contributed by atoms with E-state index in [-0.39, 0.29) is 5.78 Å². The van der Waals surface area contributed by atoms with Crippen LogP contribution in [0.1, 0.15) is 43.5 Å². The average Bonchev–Trinajstić information content (AvgIpc) is 2.53. The number of rotatable bonds is 8. The summed E-state index contributed by atoms with van der Waals surface area (Å²) in [6.07, 6.45) is 3.27. The van der Waals surface area contributed by atoms with Gasteiger partial charge in [-0.25, -0.2) is 0 Å². The van der Waals surface area contributed by atoms with Crippen LogP contribution in [0.2, 0.25) is 0 Å². The van der Waals surface area contributed by atoms with Gasteiger partial charge < -0.3 is 9.47 Å². The summed E-state index contributed by atoms with van der Waals surface area (Å²) in [5, 5.41) is 0. The third-order valence-corrected chi connectivity index (χ3v) is 3.31. The molecule has 0 aliphatic carbocycles. The smallest absolute Gasteiger partial charge is 0.163 e. The molecule has 0 atom stereocenters. The molecule has 0 radical (unpaired) electrons. The van der Waals surface area contributed by atoms with Crippen molar-refractivity contribution in [3.63, 3.8) is 0 Å². The minimum absolute atomic E-state index is 0.0241. The summed E-state index contributed by atoms with van der Waals surface area (Å²) < 4.78 is 11.5. The Kier molecular flexibility index (Phi) is 6.01. The van der Waals surface area contributed by atoms with Gasteiger partial charge in [0.2, 0.25) is 0 Å². The Labute approximate surface area is 131 Å². The highest BCUT2D eigenvalue weighted by molar-refractivity contribution is 5.97.